The van der Waals surface area contributed by atoms with Crippen LogP contribution < -0.4 is 11.1 Å². The molecule has 94 valence electrons. The van der Waals surface area contributed by atoms with Crippen LogP contribution in [-0.2, 0) is 16.1 Å². The van der Waals surface area contributed by atoms with E-state index in [9.17, 15) is 4.79 Å². The van der Waals surface area contributed by atoms with Gasteiger partial charge in [0.15, 0.2) is 5.82 Å². The molecule has 1 amide bonds. The Kier molecular flexibility index (Phi) is 5.58. The summed E-state index contributed by atoms with van der Waals surface area (Å²) in [5.41, 5.74) is 5.47. The fourth-order valence-electron chi connectivity index (χ4n) is 1.32. The van der Waals surface area contributed by atoms with E-state index in [-0.39, 0.29) is 17.4 Å². The van der Waals surface area contributed by atoms with Gasteiger partial charge >= 0.3 is 0 Å². The third-order valence-electron chi connectivity index (χ3n) is 2.10. The maximum absolute atomic E-state index is 11.6. The number of rotatable bonds is 7. The number of thiocarbonyl (C=S) groups is 1. The van der Waals surface area contributed by atoms with Gasteiger partial charge in [0.1, 0.15) is 11.5 Å². The lowest BCUT2D eigenvalue weighted by Gasteiger charge is -2.07. The van der Waals surface area contributed by atoms with Crippen molar-refractivity contribution in [3.8, 4) is 0 Å². The van der Waals surface area contributed by atoms with Crippen LogP contribution >= 0.6 is 12.2 Å². The highest BCUT2D eigenvalue weighted by Gasteiger charge is 2.08. The van der Waals surface area contributed by atoms with E-state index in [4.69, 9.17) is 22.7 Å². The molecule has 0 spiro atoms. The number of carbonyl (C=O) groups is 1. The molecule has 0 unspecified atom stereocenters. The first kappa shape index (κ1) is 13.6. The number of nitrogens with two attached hydrogens (primary N) is 1. The monoisotopic (exact) mass is 256 g/mol. The van der Waals surface area contributed by atoms with Crippen molar-refractivity contribution in [2.24, 2.45) is 5.73 Å². The lowest BCUT2D eigenvalue weighted by atomic mass is 10.4. The first-order valence-electron chi connectivity index (χ1n) is 5.21. The molecule has 1 heterocycles. The summed E-state index contributed by atoms with van der Waals surface area (Å²) in [7, 11) is 1.63. The molecule has 0 atom stereocenters. The summed E-state index contributed by atoms with van der Waals surface area (Å²) in [6, 6.07) is 0. The van der Waals surface area contributed by atoms with Gasteiger partial charge in [-0.3, -0.25) is 4.79 Å². The molecule has 1 aromatic heterocycles. The normalized spacial score (nSPS) is 10.2. The van der Waals surface area contributed by atoms with Crippen LogP contribution in [0.1, 0.15) is 12.2 Å². The number of imidazole rings is 1. The van der Waals surface area contributed by atoms with E-state index < -0.39 is 0 Å². The number of hydrogen-bond acceptors (Lipinski definition) is 4. The van der Waals surface area contributed by atoms with Crippen LogP contribution in [0.2, 0.25) is 0 Å². The quantitative estimate of drug-likeness (QED) is 0.515. The van der Waals surface area contributed by atoms with Gasteiger partial charge in [-0.25, -0.2) is 4.98 Å². The summed E-state index contributed by atoms with van der Waals surface area (Å²) < 4.78 is 6.50. The molecule has 0 aromatic carbocycles. The molecule has 1 aromatic rings. The molecule has 6 nitrogen and oxygen atoms in total. The topological polar surface area (TPSA) is 82.2 Å². The average Bonchev–Trinajstić information content (AvgIpc) is 2.72. The number of carbonyl (C=O) groups excluding carboxylic acids is 1. The number of hydrogen-bond donors (Lipinski definition) is 2. The van der Waals surface area contributed by atoms with Crippen molar-refractivity contribution in [1.29, 1.82) is 0 Å². The zero-order valence-corrected chi connectivity index (χ0v) is 10.5. The van der Waals surface area contributed by atoms with Crippen LogP contribution in [0.15, 0.2) is 12.4 Å². The smallest absolute Gasteiger partial charge is 0.240 e. The highest BCUT2D eigenvalue weighted by atomic mass is 32.1. The molecule has 0 saturated carbocycles. The second-order valence-corrected chi connectivity index (χ2v) is 3.88. The Hall–Kier alpha value is -1.47. The van der Waals surface area contributed by atoms with Gasteiger partial charge in [-0.05, 0) is 6.42 Å². The highest BCUT2D eigenvalue weighted by Crippen LogP contribution is 1.97. The molecule has 1 rings (SSSR count). The molecular formula is C10H16N4O2S. The minimum Gasteiger partial charge on any atom is -0.387 e. The summed E-state index contributed by atoms with van der Waals surface area (Å²) >= 11 is 4.82. The number of methoxy groups -OCH3 is 1. The predicted molar refractivity (Wildman–Crippen MR) is 67.6 cm³/mol. The Labute approximate surface area is 105 Å². The number of aromatic nitrogens is 2. The molecule has 0 bridgehead atoms. The number of nitrogens with one attached hydrogen (secondary N) is 1. The predicted octanol–water partition coefficient (Wildman–Crippen LogP) is -0.330. The minimum absolute atomic E-state index is 0.100. The third-order valence-corrected chi connectivity index (χ3v) is 2.28. The molecule has 0 aliphatic rings. The minimum atomic E-state index is -0.100. The molecule has 0 radical (unpaired) electrons. The summed E-state index contributed by atoms with van der Waals surface area (Å²) in [5, 5.41) is 2.77. The van der Waals surface area contributed by atoms with Crippen LogP contribution in [0.4, 0.5) is 0 Å². The largest absolute Gasteiger partial charge is 0.387 e. The van der Waals surface area contributed by atoms with E-state index in [0.717, 1.165) is 6.42 Å². The number of amides is 1. The zero-order chi connectivity index (χ0) is 12.7. The fourth-order valence-corrected chi connectivity index (χ4v) is 1.49. The Morgan fingerprint density at radius 1 is 1.71 bits per heavy atom. The van der Waals surface area contributed by atoms with E-state index in [2.05, 4.69) is 10.3 Å². The van der Waals surface area contributed by atoms with Crippen molar-refractivity contribution in [3.63, 3.8) is 0 Å². The van der Waals surface area contributed by atoms with E-state index in [1.54, 1.807) is 24.1 Å². The average molecular weight is 256 g/mol. The molecule has 3 N–H and O–H groups in total. The van der Waals surface area contributed by atoms with E-state index in [0.29, 0.717) is 19.0 Å². The first-order valence-corrected chi connectivity index (χ1v) is 5.62. The highest BCUT2D eigenvalue weighted by molar-refractivity contribution is 7.80. The van der Waals surface area contributed by atoms with Gasteiger partial charge in [-0.15, -0.1) is 0 Å². The number of nitrogens with zero attached hydrogens (tertiary/aromatic N) is 2. The molecule has 0 fully saturated rings. The Bertz CT molecular complexity index is 391. The maximum Gasteiger partial charge on any atom is 0.240 e. The summed E-state index contributed by atoms with van der Waals surface area (Å²) in [5.74, 6) is 0.351. The van der Waals surface area contributed by atoms with E-state index in [1.807, 2.05) is 0 Å². The van der Waals surface area contributed by atoms with Crippen molar-refractivity contribution in [2.75, 3.05) is 20.3 Å². The Balaban J connectivity index is 2.40. The standard InChI is InChI=1S/C10H16N4O2S/c1-16-6-2-3-12-8(15)7-14-5-4-13-10(14)9(11)17/h4-5H,2-3,6-7H2,1H3,(H2,11,17)(H,12,15). The zero-order valence-electron chi connectivity index (χ0n) is 9.68. The van der Waals surface area contributed by atoms with Gasteiger partial charge < -0.3 is 20.4 Å². The summed E-state index contributed by atoms with van der Waals surface area (Å²) in [6.07, 6.45) is 4.02. The van der Waals surface area contributed by atoms with Crippen molar-refractivity contribution < 1.29 is 9.53 Å². The van der Waals surface area contributed by atoms with Crippen molar-refractivity contribution in [2.45, 2.75) is 13.0 Å². The molecular weight excluding hydrogens is 240 g/mol. The third kappa shape index (κ3) is 4.49. The van der Waals surface area contributed by atoms with Crippen LogP contribution in [0.25, 0.3) is 0 Å². The van der Waals surface area contributed by atoms with Crippen molar-refractivity contribution >= 4 is 23.1 Å². The SMILES string of the molecule is COCCCNC(=O)Cn1ccnc1C(N)=S. The van der Waals surface area contributed by atoms with Crippen LogP contribution in [0.5, 0.6) is 0 Å². The van der Waals surface area contributed by atoms with Gasteiger partial charge in [0.2, 0.25) is 5.91 Å². The molecule has 17 heavy (non-hydrogen) atoms. The Morgan fingerprint density at radius 3 is 3.12 bits per heavy atom. The van der Waals surface area contributed by atoms with E-state index >= 15 is 0 Å². The van der Waals surface area contributed by atoms with Gasteiger partial charge in [0.05, 0.1) is 0 Å². The lowest BCUT2D eigenvalue weighted by molar-refractivity contribution is -0.121. The van der Waals surface area contributed by atoms with Gasteiger partial charge in [-0.2, -0.15) is 0 Å². The van der Waals surface area contributed by atoms with Gasteiger partial charge in [-0.1, -0.05) is 12.2 Å². The molecule has 0 aliphatic carbocycles. The molecule has 0 aliphatic heterocycles. The Morgan fingerprint density at radius 2 is 2.47 bits per heavy atom. The lowest BCUT2D eigenvalue weighted by Crippen LogP contribution is -2.30. The van der Waals surface area contributed by atoms with Gasteiger partial charge in [0.25, 0.3) is 0 Å². The van der Waals surface area contributed by atoms with Crippen molar-refractivity contribution in [3.05, 3.63) is 18.2 Å². The van der Waals surface area contributed by atoms with Crippen LogP contribution in [-0.4, -0.2) is 40.7 Å². The summed E-state index contributed by atoms with van der Waals surface area (Å²) in [4.78, 5) is 15.7. The van der Waals surface area contributed by atoms with Crippen LogP contribution in [0.3, 0.4) is 0 Å². The summed E-state index contributed by atoms with van der Waals surface area (Å²) in [6.45, 7) is 1.38. The molecule has 0 saturated heterocycles. The first-order chi connectivity index (χ1) is 8.15. The van der Waals surface area contributed by atoms with E-state index in [1.165, 1.54) is 0 Å². The van der Waals surface area contributed by atoms with Crippen molar-refractivity contribution in [1.82, 2.24) is 14.9 Å². The maximum atomic E-state index is 11.6. The van der Waals surface area contributed by atoms with Crippen LogP contribution in [0, 0.1) is 0 Å². The van der Waals surface area contributed by atoms with Gasteiger partial charge in [0, 0.05) is 32.7 Å². The fraction of sp³-hybridized carbons (Fsp3) is 0.500. The number of ether oxygens (including phenoxy) is 1. The second-order valence-electron chi connectivity index (χ2n) is 3.44. The molecule has 7 heteroatoms. The second kappa shape index (κ2) is 6.97.